The molecule has 1 aliphatic carbocycles. The van der Waals surface area contributed by atoms with E-state index in [-0.39, 0.29) is 0 Å². The zero-order valence-electron chi connectivity index (χ0n) is 12.6. The summed E-state index contributed by atoms with van der Waals surface area (Å²) in [7, 11) is 0. The van der Waals surface area contributed by atoms with Crippen molar-refractivity contribution in [2.24, 2.45) is 11.8 Å². The number of hydrogen-bond donors (Lipinski definition) is 0. The first-order valence-electron chi connectivity index (χ1n) is 8.22. The van der Waals surface area contributed by atoms with Crippen molar-refractivity contribution in [3.63, 3.8) is 0 Å². The predicted molar refractivity (Wildman–Crippen MR) is 76.8 cm³/mol. The zero-order valence-corrected chi connectivity index (χ0v) is 12.6. The molecule has 1 saturated carbocycles. The number of nitrogens with zero attached hydrogens (tertiary/aromatic N) is 2. The van der Waals surface area contributed by atoms with Crippen LogP contribution in [0.25, 0.3) is 0 Å². The Morgan fingerprint density at radius 1 is 1.24 bits per heavy atom. The van der Waals surface area contributed by atoms with Gasteiger partial charge in [-0.15, -0.1) is 0 Å². The normalized spacial score (nSPS) is 26.2. The monoisotopic (exact) mass is 292 g/mol. The van der Waals surface area contributed by atoms with Crippen molar-refractivity contribution < 1.29 is 14.0 Å². The maximum Gasteiger partial charge on any atom is 0.142 e. The molecule has 0 aromatic carbocycles. The van der Waals surface area contributed by atoms with E-state index >= 15 is 0 Å². The molecule has 3 heterocycles. The highest BCUT2D eigenvalue weighted by molar-refractivity contribution is 5.25. The van der Waals surface area contributed by atoms with Gasteiger partial charge in [0.15, 0.2) is 0 Å². The fourth-order valence-corrected chi connectivity index (χ4v) is 3.29. The summed E-state index contributed by atoms with van der Waals surface area (Å²) in [4.78, 5) is 2.52. The Balaban J connectivity index is 1.34. The van der Waals surface area contributed by atoms with Gasteiger partial charge in [-0.1, -0.05) is 5.16 Å². The topological polar surface area (TPSA) is 47.7 Å². The smallest absolute Gasteiger partial charge is 0.142 e. The second kappa shape index (κ2) is 6.07. The summed E-state index contributed by atoms with van der Waals surface area (Å²) >= 11 is 0. The molecule has 2 fully saturated rings. The highest BCUT2D eigenvalue weighted by Gasteiger charge is 2.27. The molecule has 1 unspecified atom stereocenters. The first kappa shape index (κ1) is 13.7. The Bertz CT molecular complexity index is 478. The minimum atomic E-state index is 0.607. The standard InChI is InChI=1S/C16H24N2O3/c1-2-12(1)9-20-11-15-14-8-18(5-3-16(14)21-17-15)7-13-4-6-19-10-13/h12-13H,1-11H2. The first-order valence-corrected chi connectivity index (χ1v) is 8.22. The molecule has 1 atom stereocenters. The molecule has 1 saturated heterocycles. The Morgan fingerprint density at radius 2 is 2.19 bits per heavy atom. The minimum Gasteiger partial charge on any atom is -0.381 e. The summed E-state index contributed by atoms with van der Waals surface area (Å²) in [5.41, 5.74) is 2.29. The lowest BCUT2D eigenvalue weighted by molar-refractivity contribution is 0.105. The van der Waals surface area contributed by atoms with E-state index in [1.54, 1.807) is 0 Å². The molecule has 21 heavy (non-hydrogen) atoms. The largest absolute Gasteiger partial charge is 0.381 e. The molecule has 0 amide bonds. The summed E-state index contributed by atoms with van der Waals surface area (Å²) in [6, 6.07) is 0. The molecule has 4 rings (SSSR count). The quantitative estimate of drug-likeness (QED) is 0.802. The number of ether oxygens (including phenoxy) is 2. The Morgan fingerprint density at radius 3 is 3.00 bits per heavy atom. The molecular formula is C16H24N2O3. The van der Waals surface area contributed by atoms with E-state index in [0.29, 0.717) is 12.5 Å². The van der Waals surface area contributed by atoms with Gasteiger partial charge in [-0.3, -0.25) is 4.90 Å². The van der Waals surface area contributed by atoms with E-state index in [1.165, 1.54) is 24.8 Å². The van der Waals surface area contributed by atoms with E-state index in [4.69, 9.17) is 14.0 Å². The van der Waals surface area contributed by atoms with Crippen LogP contribution >= 0.6 is 0 Å². The Kier molecular flexibility index (Phi) is 3.97. The third-order valence-electron chi connectivity index (χ3n) is 4.82. The molecule has 1 aromatic rings. The second-order valence-electron chi connectivity index (χ2n) is 6.70. The van der Waals surface area contributed by atoms with Gasteiger partial charge in [0.2, 0.25) is 0 Å². The van der Waals surface area contributed by atoms with E-state index < -0.39 is 0 Å². The summed E-state index contributed by atoms with van der Waals surface area (Å²) in [6.45, 7) is 6.49. The summed E-state index contributed by atoms with van der Waals surface area (Å²) in [5, 5.41) is 4.23. The van der Waals surface area contributed by atoms with Crippen molar-refractivity contribution in [3.05, 3.63) is 17.0 Å². The Hall–Kier alpha value is -0.910. The maximum atomic E-state index is 5.78. The number of rotatable bonds is 6. The van der Waals surface area contributed by atoms with Gasteiger partial charge in [0, 0.05) is 44.8 Å². The van der Waals surface area contributed by atoms with Gasteiger partial charge >= 0.3 is 0 Å². The molecule has 5 nitrogen and oxygen atoms in total. The van der Waals surface area contributed by atoms with Crippen LogP contribution in [-0.2, 0) is 29.0 Å². The zero-order chi connectivity index (χ0) is 14.1. The fourth-order valence-electron chi connectivity index (χ4n) is 3.29. The highest BCUT2D eigenvalue weighted by Crippen LogP contribution is 2.30. The van der Waals surface area contributed by atoms with E-state index in [2.05, 4.69) is 10.1 Å². The predicted octanol–water partition coefficient (Wildman–Crippen LogP) is 2.00. The van der Waals surface area contributed by atoms with Crippen LogP contribution < -0.4 is 0 Å². The van der Waals surface area contributed by atoms with Crippen molar-refractivity contribution in [2.75, 3.05) is 32.9 Å². The summed E-state index contributed by atoms with van der Waals surface area (Å²) < 4.78 is 16.8. The third kappa shape index (κ3) is 3.30. The number of hydrogen-bond acceptors (Lipinski definition) is 5. The molecule has 0 bridgehead atoms. The van der Waals surface area contributed by atoms with Gasteiger partial charge in [0.05, 0.1) is 13.2 Å². The third-order valence-corrected chi connectivity index (χ3v) is 4.82. The molecule has 1 aromatic heterocycles. The molecule has 0 radical (unpaired) electrons. The van der Waals surface area contributed by atoms with E-state index in [0.717, 1.165) is 63.2 Å². The number of aromatic nitrogens is 1. The first-order chi connectivity index (χ1) is 10.4. The van der Waals surface area contributed by atoms with Crippen molar-refractivity contribution in [1.29, 1.82) is 0 Å². The molecule has 5 heteroatoms. The van der Waals surface area contributed by atoms with Crippen molar-refractivity contribution in [3.8, 4) is 0 Å². The Labute approximate surface area is 125 Å². The molecule has 3 aliphatic rings. The van der Waals surface area contributed by atoms with Crippen LogP contribution in [0.2, 0.25) is 0 Å². The van der Waals surface area contributed by atoms with Gasteiger partial charge < -0.3 is 14.0 Å². The lowest BCUT2D eigenvalue weighted by atomic mass is 10.0. The molecule has 0 N–H and O–H groups in total. The SMILES string of the molecule is C1CC(CN2CCc3onc(COCC4CC4)c3C2)CO1. The summed E-state index contributed by atoms with van der Waals surface area (Å²) in [5.74, 6) is 2.56. The van der Waals surface area contributed by atoms with Crippen LogP contribution in [0.4, 0.5) is 0 Å². The van der Waals surface area contributed by atoms with Crippen molar-refractivity contribution in [2.45, 2.75) is 38.8 Å². The van der Waals surface area contributed by atoms with Crippen molar-refractivity contribution >= 4 is 0 Å². The van der Waals surface area contributed by atoms with Gasteiger partial charge in [0.25, 0.3) is 0 Å². The van der Waals surface area contributed by atoms with Gasteiger partial charge in [-0.25, -0.2) is 0 Å². The second-order valence-corrected chi connectivity index (χ2v) is 6.70. The fraction of sp³-hybridized carbons (Fsp3) is 0.812. The van der Waals surface area contributed by atoms with Crippen molar-refractivity contribution in [1.82, 2.24) is 10.1 Å². The van der Waals surface area contributed by atoms with Crippen LogP contribution in [0.5, 0.6) is 0 Å². The van der Waals surface area contributed by atoms with Gasteiger partial charge in [-0.05, 0) is 31.1 Å². The van der Waals surface area contributed by atoms with E-state index in [9.17, 15) is 0 Å². The van der Waals surface area contributed by atoms with Crippen LogP contribution in [0, 0.1) is 11.8 Å². The lowest BCUT2D eigenvalue weighted by Gasteiger charge is -2.28. The minimum absolute atomic E-state index is 0.607. The molecular weight excluding hydrogens is 268 g/mol. The molecule has 2 aliphatic heterocycles. The molecule has 116 valence electrons. The average Bonchev–Trinajstić information content (AvgIpc) is 3.02. The van der Waals surface area contributed by atoms with Crippen LogP contribution in [0.15, 0.2) is 4.52 Å². The van der Waals surface area contributed by atoms with Crippen LogP contribution in [0.3, 0.4) is 0 Å². The van der Waals surface area contributed by atoms with Crippen LogP contribution in [0.1, 0.15) is 36.3 Å². The van der Waals surface area contributed by atoms with E-state index in [1.807, 2.05) is 0 Å². The lowest BCUT2D eigenvalue weighted by Crippen LogP contribution is -2.34. The maximum absolute atomic E-state index is 5.78. The van der Waals surface area contributed by atoms with Gasteiger partial charge in [0.1, 0.15) is 11.5 Å². The average molecular weight is 292 g/mol. The van der Waals surface area contributed by atoms with Crippen LogP contribution in [-0.4, -0.2) is 43.0 Å². The summed E-state index contributed by atoms with van der Waals surface area (Å²) in [6.07, 6.45) is 4.82. The highest BCUT2D eigenvalue weighted by atomic mass is 16.5. The number of fused-ring (bicyclic) bond motifs is 1. The molecule has 0 spiro atoms. The van der Waals surface area contributed by atoms with Gasteiger partial charge in [-0.2, -0.15) is 0 Å².